The van der Waals surface area contributed by atoms with Crippen molar-refractivity contribution in [2.75, 3.05) is 0 Å². The van der Waals surface area contributed by atoms with Crippen LogP contribution in [0.5, 0.6) is 0 Å². The van der Waals surface area contributed by atoms with Crippen molar-refractivity contribution >= 4 is 25.7 Å². The Morgan fingerprint density at radius 1 is 1.07 bits per heavy atom. The zero-order chi connectivity index (χ0) is 11.9. The van der Waals surface area contributed by atoms with Crippen LogP contribution in [0, 0.1) is 0 Å². The molecule has 0 saturated carbocycles. The third-order valence-corrected chi connectivity index (χ3v) is 16.4. The zero-order valence-electron chi connectivity index (χ0n) is 10.6. The maximum Gasteiger partial charge on any atom is 0.334 e. The highest BCUT2D eigenvalue weighted by molar-refractivity contribution is 6.93. The first-order valence-corrected chi connectivity index (χ1v) is 13.2. The molecule has 3 atom stereocenters. The fourth-order valence-corrected chi connectivity index (χ4v) is 17.6. The third-order valence-electron chi connectivity index (χ3n) is 2.80. The normalized spacial score (nSPS) is 42.6. The lowest BCUT2D eigenvalue weighted by molar-refractivity contribution is 0.221. The fourth-order valence-electron chi connectivity index (χ4n) is 1.83. The van der Waals surface area contributed by atoms with Gasteiger partial charge >= 0.3 is 25.7 Å². The van der Waals surface area contributed by atoms with Gasteiger partial charge in [-0.25, -0.2) is 0 Å². The second kappa shape index (κ2) is 4.06. The van der Waals surface area contributed by atoms with Crippen molar-refractivity contribution in [1.29, 1.82) is 0 Å². The predicted octanol–water partition coefficient (Wildman–Crippen LogP) is 1.80. The first-order chi connectivity index (χ1) is 6.63. The van der Waals surface area contributed by atoms with E-state index in [-0.39, 0.29) is 5.67 Å². The van der Waals surface area contributed by atoms with Gasteiger partial charge in [-0.1, -0.05) is 6.92 Å². The van der Waals surface area contributed by atoms with Gasteiger partial charge in [0.2, 0.25) is 0 Å². The molecule has 1 fully saturated rings. The van der Waals surface area contributed by atoms with Gasteiger partial charge in [0, 0.05) is 5.67 Å². The van der Waals surface area contributed by atoms with Crippen molar-refractivity contribution < 1.29 is 12.3 Å². The number of hydrogen-bond donors (Lipinski definition) is 1. The first-order valence-electron chi connectivity index (χ1n) is 5.48. The summed E-state index contributed by atoms with van der Waals surface area (Å²) < 4.78 is 18.3. The largest absolute Gasteiger partial charge is 0.416 e. The summed E-state index contributed by atoms with van der Waals surface area (Å²) in [5.74, 6) is 0. The summed E-state index contributed by atoms with van der Waals surface area (Å²) in [6.45, 7) is 12.5. The van der Waals surface area contributed by atoms with Crippen LogP contribution < -0.4 is 5.73 Å². The molecule has 1 rings (SSSR count). The molecule has 1 saturated heterocycles. The van der Waals surface area contributed by atoms with Crippen molar-refractivity contribution in [2.24, 2.45) is 5.73 Å². The maximum absolute atomic E-state index is 6.15. The van der Waals surface area contributed by atoms with Crippen LogP contribution in [0.2, 0.25) is 32.2 Å². The Kier molecular flexibility index (Phi) is 3.67. The SMILES string of the molecule is CC[Si]1(C)O[Si](C)(C)O[Si](C)(C(C)N)O1. The van der Waals surface area contributed by atoms with Gasteiger partial charge in [0.15, 0.2) is 0 Å². The number of rotatable bonds is 2. The summed E-state index contributed by atoms with van der Waals surface area (Å²) in [7, 11) is -6.28. The fraction of sp³-hybridized carbons (Fsp3) is 1.00. The van der Waals surface area contributed by atoms with Crippen molar-refractivity contribution in [3.8, 4) is 0 Å². The number of nitrogens with two attached hydrogens (primary N) is 1. The summed E-state index contributed by atoms with van der Waals surface area (Å²) in [5, 5.41) is 0. The van der Waals surface area contributed by atoms with E-state index in [0.717, 1.165) is 6.04 Å². The highest BCUT2D eigenvalue weighted by atomic mass is 28.5. The molecule has 1 aliphatic rings. The molecule has 0 spiro atoms. The summed E-state index contributed by atoms with van der Waals surface area (Å²) in [5.41, 5.74) is 5.99. The molecule has 15 heavy (non-hydrogen) atoms. The van der Waals surface area contributed by atoms with Gasteiger partial charge in [-0.05, 0) is 39.2 Å². The van der Waals surface area contributed by atoms with E-state index in [2.05, 4.69) is 33.1 Å². The highest BCUT2D eigenvalue weighted by Crippen LogP contribution is 2.33. The lowest BCUT2D eigenvalue weighted by atomic mass is 10.8. The first kappa shape index (κ1) is 13.6. The zero-order valence-corrected chi connectivity index (χ0v) is 13.6. The molecule has 1 aliphatic heterocycles. The highest BCUT2D eigenvalue weighted by Gasteiger charge is 2.55. The molecule has 0 aromatic carbocycles. The van der Waals surface area contributed by atoms with Gasteiger partial charge in [-0.15, -0.1) is 0 Å². The van der Waals surface area contributed by atoms with Gasteiger partial charge in [-0.2, -0.15) is 0 Å². The molecule has 2 N–H and O–H groups in total. The lowest BCUT2D eigenvalue weighted by Crippen LogP contribution is -2.71. The minimum atomic E-state index is -2.23. The molecule has 0 radical (unpaired) electrons. The molecular weight excluding hydrogens is 242 g/mol. The Morgan fingerprint density at radius 3 is 2.00 bits per heavy atom. The van der Waals surface area contributed by atoms with Crippen LogP contribution in [-0.2, 0) is 12.3 Å². The molecule has 0 bridgehead atoms. The van der Waals surface area contributed by atoms with Crippen molar-refractivity contribution in [3.05, 3.63) is 0 Å². The second-order valence-electron chi connectivity index (χ2n) is 5.00. The van der Waals surface area contributed by atoms with Gasteiger partial charge in [0.1, 0.15) is 0 Å². The van der Waals surface area contributed by atoms with E-state index in [1.807, 2.05) is 6.92 Å². The standard InChI is InChI=1S/C8H23NO3Si3/c1-7-14(5)10-13(3,4)11-15(6,12-14)8(2)9/h8H,7,9H2,1-6H3. The van der Waals surface area contributed by atoms with E-state index in [1.54, 1.807) is 0 Å². The van der Waals surface area contributed by atoms with Crippen LogP contribution >= 0.6 is 0 Å². The van der Waals surface area contributed by atoms with E-state index >= 15 is 0 Å². The van der Waals surface area contributed by atoms with Gasteiger partial charge in [0.25, 0.3) is 0 Å². The Balaban J connectivity index is 2.96. The average Bonchev–Trinajstić information content (AvgIpc) is 1.99. The smallest absolute Gasteiger partial charge is 0.334 e. The van der Waals surface area contributed by atoms with E-state index in [0.29, 0.717) is 0 Å². The van der Waals surface area contributed by atoms with Gasteiger partial charge in [-0.3, -0.25) is 0 Å². The van der Waals surface area contributed by atoms with Gasteiger partial charge in [0.05, 0.1) is 0 Å². The molecule has 4 nitrogen and oxygen atoms in total. The van der Waals surface area contributed by atoms with Crippen molar-refractivity contribution in [3.63, 3.8) is 0 Å². The van der Waals surface area contributed by atoms with Crippen molar-refractivity contribution in [2.45, 2.75) is 51.7 Å². The Bertz CT molecular complexity index is 251. The second-order valence-corrected chi connectivity index (χ2v) is 16.2. The molecule has 1 heterocycles. The summed E-state index contributed by atoms with van der Waals surface area (Å²) in [6, 6.07) is 0.960. The summed E-state index contributed by atoms with van der Waals surface area (Å²) >= 11 is 0. The van der Waals surface area contributed by atoms with E-state index in [4.69, 9.17) is 18.1 Å². The summed E-state index contributed by atoms with van der Waals surface area (Å²) in [6.07, 6.45) is 0. The quantitative estimate of drug-likeness (QED) is 0.774. The molecule has 90 valence electrons. The third kappa shape index (κ3) is 2.99. The van der Waals surface area contributed by atoms with Crippen LogP contribution in [0.4, 0.5) is 0 Å². The minimum Gasteiger partial charge on any atom is -0.416 e. The van der Waals surface area contributed by atoms with Crippen LogP contribution in [0.3, 0.4) is 0 Å². The molecule has 7 heteroatoms. The number of hydrogen-bond acceptors (Lipinski definition) is 4. The van der Waals surface area contributed by atoms with Crippen LogP contribution in [-0.4, -0.2) is 31.3 Å². The topological polar surface area (TPSA) is 53.7 Å². The Hall–Kier alpha value is 0.491. The van der Waals surface area contributed by atoms with Gasteiger partial charge < -0.3 is 18.1 Å². The maximum atomic E-state index is 6.15. The van der Waals surface area contributed by atoms with Crippen LogP contribution in [0.25, 0.3) is 0 Å². The Labute approximate surface area is 95.9 Å². The average molecular weight is 266 g/mol. The monoisotopic (exact) mass is 265 g/mol. The Morgan fingerprint density at radius 2 is 1.60 bits per heavy atom. The molecule has 0 aromatic heterocycles. The van der Waals surface area contributed by atoms with E-state index < -0.39 is 25.7 Å². The van der Waals surface area contributed by atoms with Crippen LogP contribution in [0.1, 0.15) is 13.8 Å². The predicted molar refractivity (Wildman–Crippen MR) is 68.1 cm³/mol. The van der Waals surface area contributed by atoms with Crippen LogP contribution in [0.15, 0.2) is 0 Å². The minimum absolute atomic E-state index is 0.00782. The molecule has 3 unspecified atom stereocenters. The van der Waals surface area contributed by atoms with Crippen molar-refractivity contribution in [1.82, 2.24) is 0 Å². The van der Waals surface area contributed by atoms with E-state index in [1.165, 1.54) is 0 Å². The summed E-state index contributed by atoms with van der Waals surface area (Å²) in [4.78, 5) is 0. The van der Waals surface area contributed by atoms with E-state index in [9.17, 15) is 0 Å². The molecule has 0 aromatic rings. The molecule has 0 amide bonds. The lowest BCUT2D eigenvalue weighted by Gasteiger charge is -2.50. The molecule has 0 aliphatic carbocycles. The molecular formula is C8H23NO3Si3.